The molecule has 1 atom stereocenters. The van der Waals surface area contributed by atoms with E-state index in [1.54, 1.807) is 0 Å². The normalized spacial score (nSPS) is 19.8. The Hall–Kier alpha value is -0.0800. The van der Waals surface area contributed by atoms with Gasteiger partial charge in [0.2, 0.25) is 0 Å². The molecular formula is C18H37NO. The summed E-state index contributed by atoms with van der Waals surface area (Å²) >= 11 is 0. The lowest BCUT2D eigenvalue weighted by Gasteiger charge is -2.39. The summed E-state index contributed by atoms with van der Waals surface area (Å²) in [4.78, 5) is 0. The molecule has 0 aromatic rings. The Morgan fingerprint density at radius 1 is 1.05 bits per heavy atom. The summed E-state index contributed by atoms with van der Waals surface area (Å²) in [5.74, 6) is 2.16. The van der Waals surface area contributed by atoms with E-state index in [0.717, 1.165) is 18.9 Å². The third-order valence-electron chi connectivity index (χ3n) is 5.86. The molecule has 0 spiro atoms. The monoisotopic (exact) mass is 283 g/mol. The zero-order chi connectivity index (χ0) is 15.2. The first kappa shape index (κ1) is 18.0. The summed E-state index contributed by atoms with van der Waals surface area (Å²) in [7, 11) is 0. The second-order valence-electron chi connectivity index (χ2n) is 7.72. The van der Waals surface area contributed by atoms with Gasteiger partial charge in [0.25, 0.3) is 0 Å². The molecule has 0 aromatic carbocycles. The van der Waals surface area contributed by atoms with Crippen LogP contribution in [-0.4, -0.2) is 12.8 Å². The first-order chi connectivity index (χ1) is 9.36. The van der Waals surface area contributed by atoms with Gasteiger partial charge in [-0.1, -0.05) is 66.7 Å². The summed E-state index contributed by atoms with van der Waals surface area (Å²) in [6.45, 7) is 12.4. The first-order valence-corrected chi connectivity index (χ1v) is 8.73. The van der Waals surface area contributed by atoms with Crippen LogP contribution in [0.4, 0.5) is 0 Å². The van der Waals surface area contributed by atoms with Gasteiger partial charge in [0.15, 0.2) is 0 Å². The van der Waals surface area contributed by atoms with Gasteiger partial charge in [0, 0.05) is 6.61 Å². The molecule has 0 bridgehead atoms. The van der Waals surface area contributed by atoms with Crippen molar-refractivity contribution in [1.82, 2.24) is 0 Å². The van der Waals surface area contributed by atoms with E-state index >= 15 is 0 Å². The Morgan fingerprint density at radius 2 is 1.60 bits per heavy atom. The molecule has 1 rings (SSSR count). The number of rotatable bonds is 8. The third-order valence-corrected chi connectivity index (χ3v) is 5.86. The summed E-state index contributed by atoms with van der Waals surface area (Å²) in [6, 6.07) is 0. The average Bonchev–Trinajstić information content (AvgIpc) is 2.39. The zero-order valence-electron chi connectivity index (χ0n) is 14.5. The van der Waals surface area contributed by atoms with Gasteiger partial charge in [-0.05, 0) is 36.0 Å². The molecule has 2 N–H and O–H groups in total. The molecule has 120 valence electrons. The molecule has 0 amide bonds. The van der Waals surface area contributed by atoms with E-state index in [-0.39, 0.29) is 11.6 Å². The zero-order valence-corrected chi connectivity index (χ0v) is 14.5. The van der Waals surface area contributed by atoms with Gasteiger partial charge in [-0.3, -0.25) is 0 Å². The topological polar surface area (TPSA) is 35.2 Å². The van der Waals surface area contributed by atoms with E-state index in [9.17, 15) is 0 Å². The first-order valence-electron chi connectivity index (χ1n) is 8.73. The van der Waals surface area contributed by atoms with Crippen molar-refractivity contribution in [3.63, 3.8) is 0 Å². The Bertz CT molecular complexity index is 248. The van der Waals surface area contributed by atoms with Gasteiger partial charge in [-0.15, -0.1) is 0 Å². The molecule has 0 heterocycles. The molecule has 2 nitrogen and oxygen atoms in total. The standard InChI is InChI=1S/C18H37NO/c1-14(2)18(5,15(3)4)13-17(19)20-12-11-16-9-7-6-8-10-16/h14-17H,6-13,19H2,1-5H3. The number of hydrogen-bond acceptors (Lipinski definition) is 2. The maximum absolute atomic E-state index is 6.23. The highest BCUT2D eigenvalue weighted by Gasteiger charge is 2.33. The largest absolute Gasteiger partial charge is 0.364 e. The Balaban J connectivity index is 2.29. The van der Waals surface area contributed by atoms with Gasteiger partial charge in [-0.2, -0.15) is 0 Å². The van der Waals surface area contributed by atoms with Gasteiger partial charge < -0.3 is 10.5 Å². The quantitative estimate of drug-likeness (QED) is 0.638. The Labute approximate surface area is 126 Å². The van der Waals surface area contributed by atoms with Crippen LogP contribution in [-0.2, 0) is 4.74 Å². The van der Waals surface area contributed by atoms with Crippen molar-refractivity contribution in [3.05, 3.63) is 0 Å². The van der Waals surface area contributed by atoms with Crippen LogP contribution in [0.1, 0.15) is 79.6 Å². The Morgan fingerprint density at radius 3 is 2.10 bits per heavy atom. The molecule has 0 radical (unpaired) electrons. The summed E-state index contributed by atoms with van der Waals surface area (Å²) in [5.41, 5.74) is 6.50. The highest BCUT2D eigenvalue weighted by atomic mass is 16.5. The molecule has 0 aliphatic heterocycles. The number of ether oxygens (including phenoxy) is 1. The van der Waals surface area contributed by atoms with Crippen LogP contribution in [0.15, 0.2) is 0 Å². The molecule has 2 heteroatoms. The maximum atomic E-state index is 6.23. The van der Waals surface area contributed by atoms with Crippen molar-refractivity contribution < 1.29 is 4.74 Å². The second kappa shape index (κ2) is 8.38. The maximum Gasteiger partial charge on any atom is 0.106 e. The summed E-state index contributed by atoms with van der Waals surface area (Å²) in [5, 5.41) is 0. The lowest BCUT2D eigenvalue weighted by molar-refractivity contribution is -0.0118. The lowest BCUT2D eigenvalue weighted by Crippen LogP contribution is -2.38. The third kappa shape index (κ3) is 5.37. The highest BCUT2D eigenvalue weighted by molar-refractivity contribution is 4.82. The van der Waals surface area contributed by atoms with Crippen LogP contribution in [0.25, 0.3) is 0 Å². The van der Waals surface area contributed by atoms with E-state index in [1.807, 2.05) is 0 Å². The van der Waals surface area contributed by atoms with E-state index < -0.39 is 0 Å². The predicted molar refractivity (Wildman–Crippen MR) is 87.5 cm³/mol. The van der Waals surface area contributed by atoms with Crippen molar-refractivity contribution in [1.29, 1.82) is 0 Å². The average molecular weight is 283 g/mol. The summed E-state index contributed by atoms with van der Waals surface area (Å²) < 4.78 is 5.92. The molecule has 1 saturated carbocycles. The van der Waals surface area contributed by atoms with Crippen LogP contribution in [0.3, 0.4) is 0 Å². The van der Waals surface area contributed by atoms with Crippen LogP contribution in [0, 0.1) is 23.2 Å². The van der Waals surface area contributed by atoms with Crippen LogP contribution in [0.2, 0.25) is 0 Å². The van der Waals surface area contributed by atoms with Crippen molar-refractivity contribution >= 4 is 0 Å². The van der Waals surface area contributed by atoms with E-state index in [0.29, 0.717) is 11.8 Å². The van der Waals surface area contributed by atoms with Crippen molar-refractivity contribution in [3.8, 4) is 0 Å². The minimum absolute atomic E-state index is 0.103. The highest BCUT2D eigenvalue weighted by Crippen LogP contribution is 2.39. The molecule has 20 heavy (non-hydrogen) atoms. The second-order valence-corrected chi connectivity index (χ2v) is 7.72. The van der Waals surface area contributed by atoms with Gasteiger partial charge in [0.05, 0.1) is 0 Å². The number of nitrogens with two attached hydrogens (primary N) is 1. The SMILES string of the molecule is CC(C)C(C)(CC(N)OCCC1CCCCC1)C(C)C. The Kier molecular flexibility index (Phi) is 7.53. The van der Waals surface area contributed by atoms with Gasteiger partial charge >= 0.3 is 0 Å². The molecular weight excluding hydrogens is 246 g/mol. The molecule has 0 aromatic heterocycles. The fourth-order valence-electron chi connectivity index (χ4n) is 3.49. The lowest BCUT2D eigenvalue weighted by atomic mass is 9.68. The van der Waals surface area contributed by atoms with E-state index in [1.165, 1.54) is 38.5 Å². The molecule has 1 aliphatic carbocycles. The molecule has 0 saturated heterocycles. The van der Waals surface area contributed by atoms with Crippen LogP contribution >= 0.6 is 0 Å². The minimum atomic E-state index is -0.103. The van der Waals surface area contributed by atoms with Gasteiger partial charge in [0.1, 0.15) is 6.23 Å². The van der Waals surface area contributed by atoms with E-state index in [2.05, 4.69) is 34.6 Å². The fourth-order valence-corrected chi connectivity index (χ4v) is 3.49. The minimum Gasteiger partial charge on any atom is -0.364 e. The fraction of sp³-hybridized carbons (Fsp3) is 1.00. The van der Waals surface area contributed by atoms with E-state index in [4.69, 9.17) is 10.5 Å². The summed E-state index contributed by atoms with van der Waals surface area (Å²) in [6.07, 6.45) is 9.11. The molecule has 1 unspecified atom stereocenters. The predicted octanol–water partition coefficient (Wildman–Crippen LogP) is 4.97. The van der Waals surface area contributed by atoms with Crippen molar-refractivity contribution in [2.45, 2.75) is 85.8 Å². The number of hydrogen-bond donors (Lipinski definition) is 1. The molecule has 1 aliphatic rings. The van der Waals surface area contributed by atoms with Crippen molar-refractivity contribution in [2.75, 3.05) is 6.61 Å². The van der Waals surface area contributed by atoms with Crippen LogP contribution < -0.4 is 5.73 Å². The van der Waals surface area contributed by atoms with Crippen LogP contribution in [0.5, 0.6) is 0 Å². The van der Waals surface area contributed by atoms with Gasteiger partial charge in [-0.25, -0.2) is 0 Å². The molecule has 1 fully saturated rings. The smallest absolute Gasteiger partial charge is 0.106 e. The van der Waals surface area contributed by atoms with Crippen molar-refractivity contribution in [2.24, 2.45) is 28.9 Å².